The summed E-state index contributed by atoms with van der Waals surface area (Å²) in [4.78, 5) is 28.7. The third-order valence-electron chi connectivity index (χ3n) is 5.48. The number of amides is 2. The van der Waals surface area contributed by atoms with Gasteiger partial charge in [0.2, 0.25) is 11.8 Å². The molecule has 0 spiro atoms. The van der Waals surface area contributed by atoms with Crippen LogP contribution in [0.1, 0.15) is 22.7 Å². The molecule has 3 aromatic carbocycles. The number of benzene rings is 3. The molecule has 0 bridgehead atoms. The Kier molecular flexibility index (Phi) is 7.72. The molecule has 1 atom stereocenters. The van der Waals surface area contributed by atoms with Gasteiger partial charge in [-0.2, -0.15) is 0 Å². The Labute approximate surface area is 209 Å². The molecule has 3 N–H and O–H groups in total. The van der Waals surface area contributed by atoms with Crippen LogP contribution in [0.5, 0.6) is 0 Å². The molecule has 0 unspecified atom stereocenters. The number of hydrogen-bond acceptors (Lipinski definition) is 2. The molecule has 2 amide bonds. The first-order valence-corrected chi connectivity index (χ1v) is 11.7. The Morgan fingerprint density at radius 2 is 1.83 bits per heavy atom. The van der Waals surface area contributed by atoms with Crippen LogP contribution in [-0.4, -0.2) is 23.3 Å². The first-order chi connectivity index (χ1) is 16.9. The second-order valence-electron chi connectivity index (χ2n) is 7.90. The molecule has 1 aromatic heterocycles. The van der Waals surface area contributed by atoms with E-state index in [0.29, 0.717) is 28.6 Å². The fourth-order valence-electron chi connectivity index (χ4n) is 3.70. The van der Waals surface area contributed by atoms with Crippen LogP contribution in [0.4, 0.5) is 8.78 Å². The number of fused-ring (bicyclic) bond motifs is 1. The van der Waals surface area contributed by atoms with Crippen molar-refractivity contribution >= 4 is 44.7 Å². The van der Waals surface area contributed by atoms with Gasteiger partial charge < -0.3 is 15.6 Å². The Morgan fingerprint density at radius 3 is 2.60 bits per heavy atom. The molecule has 4 aromatic rings. The molecule has 0 aliphatic carbocycles. The summed E-state index contributed by atoms with van der Waals surface area (Å²) in [5.41, 5.74) is 2.96. The first-order valence-electron chi connectivity index (χ1n) is 10.9. The quantitative estimate of drug-likeness (QED) is 0.262. The van der Waals surface area contributed by atoms with Crippen molar-refractivity contribution in [2.75, 3.05) is 6.54 Å². The monoisotopic (exact) mass is 537 g/mol. The average Bonchev–Trinajstić information content (AvgIpc) is 3.25. The molecule has 0 saturated heterocycles. The van der Waals surface area contributed by atoms with Crippen molar-refractivity contribution in [3.8, 4) is 0 Å². The summed E-state index contributed by atoms with van der Waals surface area (Å²) in [7, 11) is 0. The molecule has 0 fully saturated rings. The van der Waals surface area contributed by atoms with Gasteiger partial charge in [-0.25, -0.2) is 8.78 Å². The molecule has 4 rings (SSSR count). The maximum atomic E-state index is 13.6. The molecule has 0 aliphatic heterocycles. The lowest BCUT2D eigenvalue weighted by Gasteiger charge is -2.18. The fraction of sp³-hybridized carbons (Fsp3) is 0.111. The van der Waals surface area contributed by atoms with Crippen LogP contribution in [0.3, 0.4) is 0 Å². The standard InChI is InChI=1S/C27H22BrF2N3O2/c28-22-14-17(6-9-23(22)30)7-11-25(34)33-26(18-4-2-1-3-5-18)27(35)31-13-12-19-16-32-24-10-8-20(29)15-21(19)24/h1-11,14-16,26,32H,12-13H2,(H,31,35)(H,33,34)/b11-7+/t26-/m0/s1. The topological polar surface area (TPSA) is 74.0 Å². The minimum Gasteiger partial charge on any atom is -0.361 e. The number of rotatable bonds is 8. The van der Waals surface area contributed by atoms with Gasteiger partial charge in [-0.05, 0) is 75.4 Å². The number of nitrogens with one attached hydrogen (secondary N) is 3. The van der Waals surface area contributed by atoms with Gasteiger partial charge in [0.1, 0.15) is 17.7 Å². The predicted octanol–water partition coefficient (Wildman–Crippen LogP) is 5.44. The zero-order valence-electron chi connectivity index (χ0n) is 18.5. The molecular weight excluding hydrogens is 516 g/mol. The molecule has 1 heterocycles. The van der Waals surface area contributed by atoms with E-state index in [1.54, 1.807) is 48.7 Å². The second-order valence-corrected chi connectivity index (χ2v) is 8.76. The summed E-state index contributed by atoms with van der Waals surface area (Å²) in [6.45, 7) is 0.306. The van der Waals surface area contributed by atoms with Crippen LogP contribution < -0.4 is 10.6 Å². The predicted molar refractivity (Wildman–Crippen MR) is 135 cm³/mol. The van der Waals surface area contributed by atoms with Crippen molar-refractivity contribution in [2.24, 2.45) is 0 Å². The number of H-pyrrole nitrogens is 1. The second kappa shape index (κ2) is 11.1. The molecule has 0 radical (unpaired) electrons. The van der Waals surface area contributed by atoms with E-state index in [-0.39, 0.29) is 11.7 Å². The minimum absolute atomic E-state index is 0.291. The van der Waals surface area contributed by atoms with Gasteiger partial charge in [0.05, 0.1) is 4.47 Å². The van der Waals surface area contributed by atoms with Crippen LogP contribution in [0.25, 0.3) is 17.0 Å². The largest absolute Gasteiger partial charge is 0.361 e. The van der Waals surface area contributed by atoms with E-state index in [9.17, 15) is 18.4 Å². The molecule has 0 aliphatic rings. The fourth-order valence-corrected chi connectivity index (χ4v) is 4.10. The highest BCUT2D eigenvalue weighted by Crippen LogP contribution is 2.20. The van der Waals surface area contributed by atoms with Crippen molar-refractivity contribution in [2.45, 2.75) is 12.5 Å². The zero-order valence-corrected chi connectivity index (χ0v) is 20.1. The third kappa shape index (κ3) is 6.22. The van der Waals surface area contributed by atoms with E-state index in [1.165, 1.54) is 30.4 Å². The summed E-state index contributed by atoms with van der Waals surface area (Å²) in [5, 5.41) is 6.36. The highest BCUT2D eigenvalue weighted by atomic mass is 79.9. The van der Waals surface area contributed by atoms with Gasteiger partial charge in [-0.1, -0.05) is 36.4 Å². The Hall–Kier alpha value is -3.78. The van der Waals surface area contributed by atoms with Gasteiger partial charge in [-0.15, -0.1) is 0 Å². The van der Waals surface area contributed by atoms with Gasteiger partial charge >= 0.3 is 0 Å². The number of carbonyl (C=O) groups is 2. The average molecular weight is 538 g/mol. The van der Waals surface area contributed by atoms with E-state index >= 15 is 0 Å². The van der Waals surface area contributed by atoms with Crippen molar-refractivity contribution in [3.63, 3.8) is 0 Å². The Bertz CT molecular complexity index is 1390. The van der Waals surface area contributed by atoms with Gasteiger partial charge in [0.25, 0.3) is 0 Å². The maximum absolute atomic E-state index is 13.6. The molecular formula is C27H22BrF2N3O2. The highest BCUT2D eigenvalue weighted by molar-refractivity contribution is 9.10. The maximum Gasteiger partial charge on any atom is 0.247 e. The zero-order chi connectivity index (χ0) is 24.8. The van der Waals surface area contributed by atoms with Crippen LogP contribution in [-0.2, 0) is 16.0 Å². The van der Waals surface area contributed by atoms with Crippen LogP contribution in [0.15, 0.2) is 83.5 Å². The van der Waals surface area contributed by atoms with Gasteiger partial charge in [-0.3, -0.25) is 9.59 Å². The van der Waals surface area contributed by atoms with E-state index in [0.717, 1.165) is 16.5 Å². The van der Waals surface area contributed by atoms with Crippen LogP contribution >= 0.6 is 15.9 Å². The van der Waals surface area contributed by atoms with E-state index in [4.69, 9.17) is 0 Å². The normalized spacial score (nSPS) is 12.1. The smallest absolute Gasteiger partial charge is 0.247 e. The molecule has 178 valence electrons. The number of halogens is 3. The van der Waals surface area contributed by atoms with E-state index in [1.807, 2.05) is 6.07 Å². The number of hydrogen-bond donors (Lipinski definition) is 3. The lowest BCUT2D eigenvalue weighted by Crippen LogP contribution is -2.40. The lowest BCUT2D eigenvalue weighted by atomic mass is 10.1. The Morgan fingerprint density at radius 1 is 1.03 bits per heavy atom. The summed E-state index contributed by atoms with van der Waals surface area (Å²) >= 11 is 3.12. The third-order valence-corrected chi connectivity index (χ3v) is 6.08. The SMILES string of the molecule is O=C(/C=C/c1ccc(F)c(Br)c1)N[C@H](C(=O)NCCc1c[nH]c2ccc(F)cc12)c1ccccc1. The number of aromatic amines is 1. The number of carbonyl (C=O) groups excluding carboxylic acids is 2. The molecule has 35 heavy (non-hydrogen) atoms. The lowest BCUT2D eigenvalue weighted by molar-refractivity contribution is -0.127. The summed E-state index contributed by atoms with van der Waals surface area (Å²) in [6.07, 6.45) is 5.12. The van der Waals surface area contributed by atoms with Crippen LogP contribution in [0.2, 0.25) is 0 Å². The van der Waals surface area contributed by atoms with Crippen molar-refractivity contribution in [3.05, 3.63) is 112 Å². The Balaban J connectivity index is 1.42. The summed E-state index contributed by atoms with van der Waals surface area (Å²) < 4.78 is 27.3. The van der Waals surface area contributed by atoms with E-state index < -0.39 is 17.8 Å². The minimum atomic E-state index is -0.909. The highest BCUT2D eigenvalue weighted by Gasteiger charge is 2.21. The summed E-state index contributed by atoms with van der Waals surface area (Å²) in [5.74, 6) is -1.56. The van der Waals surface area contributed by atoms with Crippen molar-refractivity contribution in [1.82, 2.24) is 15.6 Å². The first kappa shape index (κ1) is 24.3. The molecule has 8 heteroatoms. The van der Waals surface area contributed by atoms with Gasteiger partial charge in [0, 0.05) is 29.7 Å². The van der Waals surface area contributed by atoms with Gasteiger partial charge in [0.15, 0.2) is 0 Å². The summed E-state index contributed by atoms with van der Waals surface area (Å²) in [6, 6.07) is 16.9. The molecule has 0 saturated carbocycles. The number of aromatic nitrogens is 1. The van der Waals surface area contributed by atoms with Crippen molar-refractivity contribution in [1.29, 1.82) is 0 Å². The molecule has 5 nitrogen and oxygen atoms in total. The van der Waals surface area contributed by atoms with Crippen molar-refractivity contribution < 1.29 is 18.4 Å². The van der Waals surface area contributed by atoms with Crippen LogP contribution in [0, 0.1) is 11.6 Å². The van der Waals surface area contributed by atoms with E-state index in [2.05, 4.69) is 31.5 Å².